The molecule has 2 N–H and O–H groups in total. The van der Waals surface area contributed by atoms with Crippen LogP contribution in [0.3, 0.4) is 0 Å². The molecule has 2 heterocycles. The molecule has 0 radical (unpaired) electrons. The molecule has 0 unspecified atom stereocenters. The maximum atomic E-state index is 4.70. The van der Waals surface area contributed by atoms with Crippen molar-refractivity contribution in [2.45, 2.75) is 33.7 Å². The highest BCUT2D eigenvalue weighted by molar-refractivity contribution is 5.63. The Kier molecular flexibility index (Phi) is 8.06. The molecule has 6 heteroatoms. The Morgan fingerprint density at radius 3 is 2.65 bits per heavy atom. The van der Waals surface area contributed by atoms with Gasteiger partial charge in [-0.15, -0.1) is 0 Å². The zero-order valence-corrected chi connectivity index (χ0v) is 16.9. The first-order chi connectivity index (χ1) is 12.5. The SMILES string of the molecule is CCN(CCC(C)C)c1ccc(-c2n[nH]cc2CN(C)CCNC)cn1. The summed E-state index contributed by atoms with van der Waals surface area (Å²) in [6, 6.07) is 4.25. The van der Waals surface area contributed by atoms with Crippen molar-refractivity contribution >= 4 is 5.82 Å². The van der Waals surface area contributed by atoms with Gasteiger partial charge in [0.25, 0.3) is 0 Å². The molecule has 0 aliphatic heterocycles. The molecule has 0 saturated carbocycles. The lowest BCUT2D eigenvalue weighted by molar-refractivity contribution is 0.328. The lowest BCUT2D eigenvalue weighted by atomic mass is 10.1. The summed E-state index contributed by atoms with van der Waals surface area (Å²) in [6.07, 6.45) is 5.11. The average Bonchev–Trinajstić information content (AvgIpc) is 3.08. The summed E-state index contributed by atoms with van der Waals surface area (Å²) in [5.41, 5.74) is 3.25. The fourth-order valence-corrected chi connectivity index (χ4v) is 2.92. The van der Waals surface area contributed by atoms with Gasteiger partial charge in [-0.05, 0) is 45.5 Å². The van der Waals surface area contributed by atoms with E-state index in [-0.39, 0.29) is 0 Å². The van der Waals surface area contributed by atoms with Gasteiger partial charge in [0.15, 0.2) is 0 Å². The van der Waals surface area contributed by atoms with Crippen molar-refractivity contribution in [1.82, 2.24) is 25.4 Å². The quantitative estimate of drug-likeness (QED) is 0.647. The van der Waals surface area contributed by atoms with Gasteiger partial charge in [-0.2, -0.15) is 5.10 Å². The van der Waals surface area contributed by atoms with Crippen LogP contribution in [0.5, 0.6) is 0 Å². The van der Waals surface area contributed by atoms with E-state index in [4.69, 9.17) is 4.98 Å². The van der Waals surface area contributed by atoms with Crippen molar-refractivity contribution in [2.75, 3.05) is 45.2 Å². The van der Waals surface area contributed by atoms with E-state index in [2.05, 4.69) is 65.3 Å². The second-order valence-corrected chi connectivity index (χ2v) is 7.27. The number of nitrogens with zero attached hydrogens (tertiary/aromatic N) is 4. The number of nitrogens with one attached hydrogen (secondary N) is 2. The van der Waals surface area contributed by atoms with Gasteiger partial charge in [-0.1, -0.05) is 13.8 Å². The van der Waals surface area contributed by atoms with E-state index in [1.165, 1.54) is 12.0 Å². The Balaban J connectivity index is 2.07. The molecule has 0 aliphatic carbocycles. The van der Waals surface area contributed by atoms with E-state index in [1.54, 1.807) is 0 Å². The normalized spacial score (nSPS) is 11.5. The number of aromatic amines is 1. The first kappa shape index (κ1) is 20.4. The molecule has 144 valence electrons. The van der Waals surface area contributed by atoms with Crippen molar-refractivity contribution in [3.05, 3.63) is 30.1 Å². The summed E-state index contributed by atoms with van der Waals surface area (Å²) in [6.45, 7) is 11.6. The van der Waals surface area contributed by atoms with Crippen LogP contribution >= 0.6 is 0 Å². The summed E-state index contributed by atoms with van der Waals surface area (Å²) in [5.74, 6) is 1.75. The molecule has 2 rings (SSSR count). The fourth-order valence-electron chi connectivity index (χ4n) is 2.92. The molecule has 0 fully saturated rings. The number of pyridine rings is 1. The number of anilines is 1. The average molecular weight is 359 g/mol. The van der Waals surface area contributed by atoms with E-state index in [0.717, 1.165) is 49.8 Å². The highest BCUT2D eigenvalue weighted by atomic mass is 15.2. The second kappa shape index (κ2) is 10.3. The number of rotatable bonds is 11. The molecule has 0 saturated heterocycles. The van der Waals surface area contributed by atoms with Crippen LogP contribution in [0.1, 0.15) is 32.8 Å². The molecule has 0 aromatic carbocycles. The lowest BCUT2D eigenvalue weighted by Crippen LogP contribution is -2.27. The van der Waals surface area contributed by atoms with Crippen molar-refractivity contribution < 1.29 is 0 Å². The van der Waals surface area contributed by atoms with E-state index >= 15 is 0 Å². The van der Waals surface area contributed by atoms with E-state index in [9.17, 15) is 0 Å². The Bertz CT molecular complexity index is 634. The summed E-state index contributed by atoms with van der Waals surface area (Å²) < 4.78 is 0. The summed E-state index contributed by atoms with van der Waals surface area (Å²) in [5, 5.41) is 10.6. The zero-order chi connectivity index (χ0) is 18.9. The minimum atomic E-state index is 0.704. The first-order valence-corrected chi connectivity index (χ1v) is 9.62. The van der Waals surface area contributed by atoms with Crippen LogP contribution in [0.25, 0.3) is 11.3 Å². The van der Waals surface area contributed by atoms with Gasteiger partial charge in [0.2, 0.25) is 0 Å². The third-order valence-electron chi connectivity index (χ3n) is 4.61. The number of likely N-dealkylation sites (N-methyl/N-ethyl adjacent to an activating group) is 2. The minimum absolute atomic E-state index is 0.704. The largest absolute Gasteiger partial charge is 0.357 e. The fraction of sp³-hybridized carbons (Fsp3) is 0.600. The standard InChI is InChI=1S/C20H34N6/c1-6-26(11-9-16(2)3)19-8-7-17(13-22-19)20-18(14-23-24-20)15-25(5)12-10-21-4/h7-8,13-14,16,21H,6,9-12,15H2,1-5H3,(H,23,24). The summed E-state index contributed by atoms with van der Waals surface area (Å²) in [4.78, 5) is 9.33. The maximum absolute atomic E-state index is 4.70. The van der Waals surface area contributed by atoms with E-state index < -0.39 is 0 Å². The molecule has 2 aromatic rings. The first-order valence-electron chi connectivity index (χ1n) is 9.62. The molecule has 0 amide bonds. The number of H-pyrrole nitrogens is 1. The Morgan fingerprint density at radius 2 is 2.04 bits per heavy atom. The van der Waals surface area contributed by atoms with Gasteiger partial charge >= 0.3 is 0 Å². The van der Waals surface area contributed by atoms with Gasteiger partial charge in [0.05, 0.1) is 5.69 Å². The molecule has 26 heavy (non-hydrogen) atoms. The maximum Gasteiger partial charge on any atom is 0.128 e. The van der Waals surface area contributed by atoms with Gasteiger partial charge in [-0.25, -0.2) is 4.98 Å². The van der Waals surface area contributed by atoms with Crippen LogP contribution in [-0.2, 0) is 6.54 Å². The summed E-state index contributed by atoms with van der Waals surface area (Å²) in [7, 11) is 4.11. The van der Waals surface area contributed by atoms with E-state index in [0.29, 0.717) is 5.92 Å². The van der Waals surface area contributed by atoms with Crippen molar-refractivity contribution in [3.63, 3.8) is 0 Å². The van der Waals surface area contributed by atoms with Gasteiger partial charge in [0.1, 0.15) is 5.82 Å². The highest BCUT2D eigenvalue weighted by Crippen LogP contribution is 2.23. The zero-order valence-electron chi connectivity index (χ0n) is 16.9. The topological polar surface area (TPSA) is 60.1 Å². The number of hydrogen-bond acceptors (Lipinski definition) is 5. The predicted octanol–water partition coefficient (Wildman–Crippen LogP) is 3.00. The number of aromatic nitrogens is 3. The number of hydrogen-bond donors (Lipinski definition) is 2. The minimum Gasteiger partial charge on any atom is -0.357 e. The van der Waals surface area contributed by atoms with Crippen LogP contribution in [0.4, 0.5) is 5.82 Å². The third-order valence-corrected chi connectivity index (χ3v) is 4.61. The molecule has 2 aromatic heterocycles. The molecular weight excluding hydrogens is 324 g/mol. The molecule has 6 nitrogen and oxygen atoms in total. The molecule has 0 aliphatic rings. The van der Waals surface area contributed by atoms with Crippen LogP contribution in [-0.4, -0.2) is 60.4 Å². The van der Waals surface area contributed by atoms with Crippen molar-refractivity contribution in [1.29, 1.82) is 0 Å². The second-order valence-electron chi connectivity index (χ2n) is 7.27. The third kappa shape index (κ3) is 5.81. The van der Waals surface area contributed by atoms with Crippen LogP contribution < -0.4 is 10.2 Å². The summed E-state index contributed by atoms with van der Waals surface area (Å²) >= 11 is 0. The molecule has 0 spiro atoms. The van der Waals surface area contributed by atoms with Crippen LogP contribution in [0.2, 0.25) is 0 Å². The highest BCUT2D eigenvalue weighted by Gasteiger charge is 2.12. The molecule has 0 atom stereocenters. The molecular formula is C20H34N6. The molecule has 0 bridgehead atoms. The van der Waals surface area contributed by atoms with E-state index in [1.807, 2.05) is 19.4 Å². The van der Waals surface area contributed by atoms with Crippen LogP contribution in [0.15, 0.2) is 24.5 Å². The van der Waals surface area contributed by atoms with Crippen molar-refractivity contribution in [2.24, 2.45) is 5.92 Å². The van der Waals surface area contributed by atoms with Crippen LogP contribution in [0, 0.1) is 5.92 Å². The van der Waals surface area contributed by atoms with Crippen molar-refractivity contribution in [3.8, 4) is 11.3 Å². The van der Waals surface area contributed by atoms with Gasteiger partial charge < -0.3 is 15.1 Å². The monoisotopic (exact) mass is 358 g/mol. The van der Waals surface area contributed by atoms with Gasteiger partial charge in [0, 0.05) is 56.2 Å². The lowest BCUT2D eigenvalue weighted by Gasteiger charge is -2.23. The predicted molar refractivity (Wildman–Crippen MR) is 109 cm³/mol. The Hall–Kier alpha value is -1.92. The van der Waals surface area contributed by atoms with Gasteiger partial charge in [-0.3, -0.25) is 5.10 Å². The Morgan fingerprint density at radius 1 is 1.23 bits per heavy atom. The Labute approximate surface area is 158 Å². The smallest absolute Gasteiger partial charge is 0.128 e.